The number of hydrogen-bond donors (Lipinski definition) is 0. The first-order valence-electron chi connectivity index (χ1n) is 5.23. The molecule has 5 nitrogen and oxygen atoms in total. The van der Waals surface area contributed by atoms with Crippen LogP contribution >= 0.6 is 31.6 Å². The first-order chi connectivity index (χ1) is 8.70. The zero-order valence-electron chi connectivity index (χ0n) is 9.46. The Morgan fingerprint density at radius 1 is 1.06 bits per heavy atom. The molecule has 0 N–H and O–H groups in total. The van der Waals surface area contributed by atoms with Crippen molar-refractivity contribution in [2.45, 2.75) is 12.8 Å². The Labute approximate surface area is 116 Å². The van der Waals surface area contributed by atoms with Crippen LogP contribution in [0.15, 0.2) is 30.3 Å². The van der Waals surface area contributed by atoms with Crippen molar-refractivity contribution in [2.24, 2.45) is 0 Å². The summed E-state index contributed by atoms with van der Waals surface area (Å²) in [5, 5.41) is 0. The molecule has 0 atom stereocenters. The quantitative estimate of drug-likeness (QED) is 0.775. The molecule has 1 heterocycles. The van der Waals surface area contributed by atoms with Crippen LogP contribution < -0.4 is 4.52 Å². The maximum atomic E-state index is 11.2. The average molecular weight is 315 g/mol. The molecule has 1 aromatic rings. The van der Waals surface area contributed by atoms with Gasteiger partial charge in [-0.3, -0.25) is 0 Å². The molecule has 8 heteroatoms. The summed E-state index contributed by atoms with van der Waals surface area (Å²) in [7, 11) is -3.87. The third-order valence-electron chi connectivity index (χ3n) is 1.96. The van der Waals surface area contributed by atoms with Crippen LogP contribution in [-0.4, -0.2) is 13.2 Å². The van der Waals surface area contributed by atoms with Crippen molar-refractivity contribution >= 4 is 31.6 Å². The van der Waals surface area contributed by atoms with Crippen molar-refractivity contribution in [1.29, 1.82) is 0 Å². The van der Waals surface area contributed by atoms with Gasteiger partial charge in [0.25, 0.3) is 0 Å². The van der Waals surface area contributed by atoms with Crippen LogP contribution in [0.2, 0.25) is 0 Å². The lowest BCUT2D eigenvalue weighted by atomic mass is 10.3. The Morgan fingerprint density at radius 2 is 1.61 bits per heavy atom. The van der Waals surface area contributed by atoms with Gasteiger partial charge in [-0.2, -0.15) is 8.15 Å². The summed E-state index contributed by atoms with van der Waals surface area (Å²) in [5.41, 5.74) is 0. The van der Waals surface area contributed by atoms with E-state index in [2.05, 4.69) is 8.15 Å². The van der Waals surface area contributed by atoms with Gasteiger partial charge in [0.1, 0.15) is 5.75 Å². The van der Waals surface area contributed by atoms with Gasteiger partial charge in [0.05, 0.1) is 23.7 Å². The van der Waals surface area contributed by atoms with Gasteiger partial charge < -0.3 is 9.26 Å². The lowest BCUT2D eigenvalue weighted by Crippen LogP contribution is -1.91. The van der Waals surface area contributed by atoms with Crippen molar-refractivity contribution in [3.05, 3.63) is 30.3 Å². The molecule has 0 bridgehead atoms. The van der Waals surface area contributed by atoms with Crippen LogP contribution in [0.4, 0.5) is 0 Å². The molecule has 18 heavy (non-hydrogen) atoms. The van der Waals surface area contributed by atoms with Gasteiger partial charge in [-0.25, -0.2) is 4.57 Å². The van der Waals surface area contributed by atoms with E-state index in [1.54, 1.807) is 30.3 Å². The van der Waals surface area contributed by atoms with Crippen LogP contribution in [-0.2, 0) is 17.5 Å². The van der Waals surface area contributed by atoms with Crippen molar-refractivity contribution in [3.63, 3.8) is 0 Å². The molecule has 0 aliphatic carbocycles. The number of rotatable bonds is 4. The van der Waals surface area contributed by atoms with E-state index in [1.807, 2.05) is 0 Å². The number of benzene rings is 1. The lowest BCUT2D eigenvalue weighted by molar-refractivity contribution is 0.198. The van der Waals surface area contributed by atoms with E-state index in [9.17, 15) is 4.57 Å². The zero-order valence-corrected chi connectivity index (χ0v) is 11.9. The number of ether oxygens (including phenoxy) is 1. The second-order valence-corrected chi connectivity index (χ2v) is 5.49. The van der Waals surface area contributed by atoms with Crippen LogP contribution in [0.3, 0.4) is 0 Å². The predicted octanol–water partition coefficient (Wildman–Crippen LogP) is 4.31. The molecule has 1 aliphatic heterocycles. The highest BCUT2D eigenvalue weighted by Gasteiger charge is 2.28. The SMILES string of the molecule is C1CCOC1.O=P(OCl)(OCl)Oc1ccccc1. The normalized spacial score (nSPS) is 14.8. The minimum absolute atomic E-state index is 0.284. The van der Waals surface area contributed by atoms with Gasteiger partial charge in [0.2, 0.25) is 0 Å². The van der Waals surface area contributed by atoms with Crippen LogP contribution in [0.5, 0.6) is 5.75 Å². The van der Waals surface area contributed by atoms with Crippen LogP contribution in [0.1, 0.15) is 12.8 Å². The van der Waals surface area contributed by atoms with Gasteiger partial charge >= 0.3 is 7.82 Å². The predicted molar refractivity (Wildman–Crippen MR) is 68.6 cm³/mol. The van der Waals surface area contributed by atoms with Gasteiger partial charge in [0.15, 0.2) is 0 Å². The minimum Gasteiger partial charge on any atom is -0.402 e. The van der Waals surface area contributed by atoms with E-state index >= 15 is 0 Å². The fraction of sp³-hybridized carbons (Fsp3) is 0.400. The molecule has 0 unspecified atom stereocenters. The first-order valence-corrected chi connectivity index (χ1v) is 7.31. The molecule has 2 rings (SSSR count). The van der Waals surface area contributed by atoms with Crippen LogP contribution in [0.25, 0.3) is 0 Å². The van der Waals surface area contributed by atoms with Crippen LogP contribution in [0, 0.1) is 0 Å². The summed E-state index contributed by atoms with van der Waals surface area (Å²) in [6, 6.07) is 8.24. The summed E-state index contributed by atoms with van der Waals surface area (Å²) < 4.78 is 28.8. The minimum atomic E-state index is -3.87. The van der Waals surface area contributed by atoms with Crippen molar-refractivity contribution in [3.8, 4) is 5.75 Å². The summed E-state index contributed by atoms with van der Waals surface area (Å²) in [6.45, 7) is 2.00. The number of para-hydroxylation sites is 1. The maximum Gasteiger partial charge on any atom is 0.563 e. The Bertz CT molecular complexity index is 356. The summed E-state index contributed by atoms with van der Waals surface area (Å²) in [5.74, 6) is 0.284. The molecule has 1 saturated heterocycles. The van der Waals surface area contributed by atoms with Crippen molar-refractivity contribution < 1.29 is 22.0 Å². The Balaban J connectivity index is 0.000000269. The Kier molecular flexibility index (Phi) is 7.66. The maximum absolute atomic E-state index is 11.2. The van der Waals surface area contributed by atoms with Crippen molar-refractivity contribution in [1.82, 2.24) is 0 Å². The second kappa shape index (κ2) is 8.75. The zero-order chi connectivity index (χ0) is 13.3. The molecule has 1 fully saturated rings. The molecular weight excluding hydrogens is 302 g/mol. The van der Waals surface area contributed by atoms with Gasteiger partial charge in [-0.15, -0.1) is 0 Å². The van der Waals surface area contributed by atoms with Gasteiger partial charge in [0, 0.05) is 13.2 Å². The van der Waals surface area contributed by atoms with E-state index in [0.29, 0.717) is 0 Å². The second-order valence-electron chi connectivity index (χ2n) is 3.31. The third-order valence-corrected chi connectivity index (χ3v) is 3.74. The fourth-order valence-electron chi connectivity index (χ4n) is 1.16. The fourth-order valence-corrected chi connectivity index (χ4v) is 2.04. The lowest BCUT2D eigenvalue weighted by Gasteiger charge is -2.09. The van der Waals surface area contributed by atoms with E-state index in [4.69, 9.17) is 33.0 Å². The first kappa shape index (κ1) is 15.8. The smallest absolute Gasteiger partial charge is 0.402 e. The van der Waals surface area contributed by atoms with Gasteiger partial charge in [-0.1, -0.05) is 18.2 Å². The summed E-state index contributed by atoms with van der Waals surface area (Å²) in [4.78, 5) is 0. The molecule has 0 amide bonds. The Hall–Kier alpha value is -0.290. The number of phosphoric acid groups is 1. The molecule has 0 aromatic heterocycles. The third kappa shape index (κ3) is 6.05. The molecular formula is C10H13Cl2O5P. The number of halogens is 2. The van der Waals surface area contributed by atoms with Crippen molar-refractivity contribution in [2.75, 3.05) is 13.2 Å². The largest absolute Gasteiger partial charge is 0.563 e. The average Bonchev–Trinajstić information content (AvgIpc) is 2.99. The van der Waals surface area contributed by atoms with E-state index < -0.39 is 7.82 Å². The van der Waals surface area contributed by atoms with E-state index in [1.165, 1.54) is 12.8 Å². The molecule has 102 valence electrons. The van der Waals surface area contributed by atoms with Gasteiger partial charge in [-0.05, 0) is 25.0 Å². The molecule has 1 aliphatic rings. The molecule has 0 spiro atoms. The van der Waals surface area contributed by atoms with E-state index in [-0.39, 0.29) is 5.75 Å². The highest BCUT2D eigenvalue weighted by molar-refractivity contribution is 7.50. The number of hydrogen-bond acceptors (Lipinski definition) is 5. The monoisotopic (exact) mass is 314 g/mol. The highest BCUT2D eigenvalue weighted by atomic mass is 35.5. The standard InChI is InChI=1S/C6H5Cl2O4P.C4H8O/c7-11-13(9,12-8)10-6-4-2-1-3-5-6;1-2-4-5-3-1/h1-5H;1-4H2. The summed E-state index contributed by atoms with van der Waals surface area (Å²) in [6.07, 6.45) is 2.56. The highest BCUT2D eigenvalue weighted by Crippen LogP contribution is 2.51. The molecule has 0 radical (unpaired) electrons. The molecule has 0 saturated carbocycles. The molecule has 1 aromatic carbocycles. The topological polar surface area (TPSA) is 54.0 Å². The Morgan fingerprint density at radius 3 is 2.00 bits per heavy atom. The van der Waals surface area contributed by atoms with E-state index in [0.717, 1.165) is 13.2 Å². The summed E-state index contributed by atoms with van der Waals surface area (Å²) >= 11 is 9.72.